The van der Waals surface area contributed by atoms with Crippen molar-refractivity contribution in [3.05, 3.63) is 46.9 Å². The third-order valence-electron chi connectivity index (χ3n) is 5.03. The summed E-state index contributed by atoms with van der Waals surface area (Å²) < 4.78 is 0. The predicted molar refractivity (Wildman–Crippen MR) is 109 cm³/mol. The second-order valence-electron chi connectivity index (χ2n) is 7.60. The van der Waals surface area contributed by atoms with Gasteiger partial charge in [-0.2, -0.15) is 0 Å². The van der Waals surface area contributed by atoms with E-state index in [1.54, 1.807) is 6.07 Å². The molecule has 6 nitrogen and oxygen atoms in total. The molecule has 1 aliphatic heterocycles. The van der Waals surface area contributed by atoms with Gasteiger partial charge in [0, 0.05) is 37.9 Å². The van der Waals surface area contributed by atoms with Gasteiger partial charge < -0.3 is 15.1 Å². The number of piperazine rings is 1. The van der Waals surface area contributed by atoms with E-state index in [0.29, 0.717) is 23.3 Å². The van der Waals surface area contributed by atoms with Crippen LogP contribution in [0, 0.1) is 13.8 Å². The van der Waals surface area contributed by atoms with Crippen LogP contribution in [0.4, 0.5) is 11.5 Å². The van der Waals surface area contributed by atoms with Crippen LogP contribution < -0.4 is 5.32 Å². The number of carbonyl (C=O) groups is 1. The minimum Gasteiger partial charge on any atom is -0.340 e. The number of nitrogens with one attached hydrogen (secondary N) is 1. The molecule has 0 saturated carbocycles. The molecule has 1 N–H and O–H groups in total. The summed E-state index contributed by atoms with van der Waals surface area (Å²) in [6.07, 6.45) is 0. The molecule has 3 rings (SSSR count). The molecule has 0 bridgehead atoms. The van der Waals surface area contributed by atoms with E-state index >= 15 is 0 Å². The normalized spacial score (nSPS) is 15.3. The zero-order valence-corrected chi connectivity index (χ0v) is 16.9. The fourth-order valence-corrected chi connectivity index (χ4v) is 3.38. The van der Waals surface area contributed by atoms with E-state index in [2.05, 4.69) is 66.2 Å². The fourth-order valence-electron chi connectivity index (χ4n) is 3.38. The standard InChI is InChI=1S/C21H29N5O/c1-14(2)17-8-6-7-15(3)20(17)24-19-13-18(22-16(4)23-19)21(27)26-11-9-25(5)10-12-26/h6-8,13-14H,9-12H2,1-5H3,(H,22,23,24). The average molecular weight is 367 g/mol. The van der Waals surface area contributed by atoms with Gasteiger partial charge in [-0.25, -0.2) is 9.97 Å². The molecule has 6 heteroatoms. The summed E-state index contributed by atoms with van der Waals surface area (Å²) in [5.41, 5.74) is 3.90. The van der Waals surface area contributed by atoms with E-state index in [-0.39, 0.29) is 5.91 Å². The number of rotatable bonds is 4. The topological polar surface area (TPSA) is 61.4 Å². The van der Waals surface area contributed by atoms with Crippen molar-refractivity contribution in [1.82, 2.24) is 19.8 Å². The lowest BCUT2D eigenvalue weighted by Crippen LogP contribution is -2.47. The Bertz CT molecular complexity index is 825. The van der Waals surface area contributed by atoms with Gasteiger partial charge in [-0.15, -0.1) is 0 Å². The molecule has 1 amide bonds. The largest absolute Gasteiger partial charge is 0.340 e. The SMILES string of the molecule is Cc1nc(Nc2c(C)cccc2C(C)C)cc(C(=O)N2CCN(C)CC2)n1. The number of para-hydroxylation sites is 1. The molecule has 27 heavy (non-hydrogen) atoms. The first kappa shape index (κ1) is 19.3. The van der Waals surface area contributed by atoms with Crippen molar-refractivity contribution in [2.45, 2.75) is 33.6 Å². The number of amides is 1. The molecular weight excluding hydrogens is 338 g/mol. The minimum absolute atomic E-state index is 0.0227. The summed E-state index contributed by atoms with van der Waals surface area (Å²) in [5.74, 6) is 1.63. The monoisotopic (exact) mass is 367 g/mol. The van der Waals surface area contributed by atoms with Gasteiger partial charge in [-0.1, -0.05) is 32.0 Å². The zero-order chi connectivity index (χ0) is 19.6. The lowest BCUT2D eigenvalue weighted by Gasteiger charge is -2.32. The van der Waals surface area contributed by atoms with Crippen LogP contribution in [0.15, 0.2) is 24.3 Å². The molecular formula is C21H29N5O. The third kappa shape index (κ3) is 4.45. The summed E-state index contributed by atoms with van der Waals surface area (Å²) in [6, 6.07) is 8.05. The highest BCUT2D eigenvalue weighted by atomic mass is 16.2. The molecule has 144 valence electrons. The highest BCUT2D eigenvalue weighted by Gasteiger charge is 2.22. The van der Waals surface area contributed by atoms with Gasteiger partial charge in [0.05, 0.1) is 0 Å². The Morgan fingerprint density at radius 3 is 2.48 bits per heavy atom. The first-order valence-electron chi connectivity index (χ1n) is 9.55. The molecule has 1 aromatic carbocycles. The fraction of sp³-hybridized carbons (Fsp3) is 0.476. The molecule has 1 aliphatic rings. The van der Waals surface area contributed by atoms with Crippen LogP contribution in [0.3, 0.4) is 0 Å². The summed E-state index contributed by atoms with van der Waals surface area (Å²) in [6.45, 7) is 11.5. The lowest BCUT2D eigenvalue weighted by atomic mass is 9.98. The van der Waals surface area contributed by atoms with Crippen LogP contribution in [0.5, 0.6) is 0 Å². The number of anilines is 2. The number of likely N-dealkylation sites (N-methyl/N-ethyl adjacent to an activating group) is 1. The first-order chi connectivity index (χ1) is 12.8. The van der Waals surface area contributed by atoms with Crippen molar-refractivity contribution in [2.24, 2.45) is 0 Å². The van der Waals surface area contributed by atoms with Gasteiger partial charge >= 0.3 is 0 Å². The van der Waals surface area contributed by atoms with Gasteiger partial charge in [-0.05, 0) is 37.9 Å². The number of aryl methyl sites for hydroxylation is 2. The highest BCUT2D eigenvalue weighted by molar-refractivity contribution is 5.93. The van der Waals surface area contributed by atoms with Crippen LogP contribution in [0.25, 0.3) is 0 Å². The van der Waals surface area contributed by atoms with Gasteiger partial charge in [0.15, 0.2) is 0 Å². The molecule has 2 heterocycles. The van der Waals surface area contributed by atoms with Crippen molar-refractivity contribution in [1.29, 1.82) is 0 Å². The molecule has 0 spiro atoms. The molecule has 1 fully saturated rings. The van der Waals surface area contributed by atoms with Crippen molar-refractivity contribution < 1.29 is 4.79 Å². The van der Waals surface area contributed by atoms with Gasteiger partial charge in [0.1, 0.15) is 17.3 Å². The van der Waals surface area contributed by atoms with Crippen LogP contribution >= 0.6 is 0 Å². The Labute approximate surface area is 161 Å². The highest BCUT2D eigenvalue weighted by Crippen LogP contribution is 2.30. The third-order valence-corrected chi connectivity index (χ3v) is 5.03. The first-order valence-corrected chi connectivity index (χ1v) is 9.55. The van der Waals surface area contributed by atoms with E-state index in [0.717, 1.165) is 37.4 Å². The molecule has 0 aliphatic carbocycles. The maximum atomic E-state index is 12.9. The molecule has 0 radical (unpaired) electrons. The average Bonchev–Trinajstić information content (AvgIpc) is 2.63. The number of aromatic nitrogens is 2. The summed E-state index contributed by atoms with van der Waals surface area (Å²) in [5, 5.41) is 3.44. The summed E-state index contributed by atoms with van der Waals surface area (Å²) >= 11 is 0. The Kier molecular flexibility index (Phi) is 5.75. The van der Waals surface area contributed by atoms with Crippen LogP contribution in [0.2, 0.25) is 0 Å². The lowest BCUT2D eigenvalue weighted by molar-refractivity contribution is 0.0658. The van der Waals surface area contributed by atoms with E-state index in [9.17, 15) is 4.79 Å². The van der Waals surface area contributed by atoms with Crippen molar-refractivity contribution in [3.63, 3.8) is 0 Å². The zero-order valence-electron chi connectivity index (χ0n) is 16.9. The molecule has 1 aromatic heterocycles. The van der Waals surface area contributed by atoms with Gasteiger partial charge in [-0.3, -0.25) is 4.79 Å². The van der Waals surface area contributed by atoms with Gasteiger partial charge in [0.25, 0.3) is 5.91 Å². The number of hydrogen-bond acceptors (Lipinski definition) is 5. The quantitative estimate of drug-likeness (QED) is 0.898. The van der Waals surface area contributed by atoms with Gasteiger partial charge in [0.2, 0.25) is 0 Å². The number of nitrogens with zero attached hydrogens (tertiary/aromatic N) is 4. The molecule has 1 saturated heterocycles. The summed E-state index contributed by atoms with van der Waals surface area (Å²) in [4.78, 5) is 25.9. The van der Waals surface area contributed by atoms with Crippen LogP contribution in [-0.2, 0) is 0 Å². The Morgan fingerprint density at radius 2 is 1.81 bits per heavy atom. The van der Waals surface area contributed by atoms with E-state index in [1.807, 2.05) is 11.8 Å². The Morgan fingerprint density at radius 1 is 1.11 bits per heavy atom. The predicted octanol–water partition coefficient (Wildman–Crippen LogP) is 3.35. The maximum absolute atomic E-state index is 12.9. The molecule has 0 unspecified atom stereocenters. The minimum atomic E-state index is -0.0227. The second-order valence-corrected chi connectivity index (χ2v) is 7.60. The molecule has 2 aromatic rings. The van der Waals surface area contributed by atoms with E-state index < -0.39 is 0 Å². The Hall–Kier alpha value is -2.47. The van der Waals surface area contributed by atoms with Crippen molar-refractivity contribution >= 4 is 17.4 Å². The number of carbonyl (C=O) groups excluding carboxylic acids is 1. The maximum Gasteiger partial charge on any atom is 0.272 e. The van der Waals surface area contributed by atoms with Crippen LogP contribution in [0.1, 0.15) is 47.2 Å². The number of hydrogen-bond donors (Lipinski definition) is 1. The Balaban J connectivity index is 1.87. The summed E-state index contributed by atoms with van der Waals surface area (Å²) in [7, 11) is 2.08. The van der Waals surface area contributed by atoms with E-state index in [1.165, 1.54) is 5.56 Å². The van der Waals surface area contributed by atoms with Crippen molar-refractivity contribution in [3.8, 4) is 0 Å². The van der Waals surface area contributed by atoms with E-state index in [4.69, 9.17) is 0 Å². The molecule has 0 atom stereocenters. The van der Waals surface area contributed by atoms with Crippen LogP contribution in [-0.4, -0.2) is 58.9 Å². The number of benzene rings is 1. The van der Waals surface area contributed by atoms with Crippen molar-refractivity contribution in [2.75, 3.05) is 38.5 Å². The second kappa shape index (κ2) is 8.05. The smallest absolute Gasteiger partial charge is 0.272 e.